The van der Waals surface area contributed by atoms with E-state index in [2.05, 4.69) is 17.6 Å². The fourth-order valence-corrected chi connectivity index (χ4v) is 3.26. The molecule has 10 nitrogen and oxygen atoms in total. The van der Waals surface area contributed by atoms with E-state index in [1.54, 1.807) is 0 Å². The zero-order chi connectivity index (χ0) is 24.5. The number of hydrogen-bond acceptors (Lipinski definition) is 8. The molecule has 0 aromatic heterocycles. The van der Waals surface area contributed by atoms with Crippen molar-refractivity contribution >= 4 is 11.8 Å². The molecule has 0 bridgehead atoms. The van der Waals surface area contributed by atoms with Crippen LogP contribution >= 0.6 is 0 Å². The molecule has 0 heterocycles. The molecular weight excluding hydrogens is 420 g/mol. The summed E-state index contributed by atoms with van der Waals surface area (Å²) in [5.41, 5.74) is 0. The largest absolute Gasteiger partial charge is 0.394 e. The zero-order valence-corrected chi connectivity index (χ0v) is 19.4. The number of rotatable bonds is 19. The molecule has 0 aromatic carbocycles. The Kier molecular flexibility index (Phi) is 17.4. The van der Waals surface area contributed by atoms with Gasteiger partial charge in [0, 0.05) is 6.54 Å². The minimum absolute atomic E-state index is 0.376. The molecule has 10 heteroatoms. The molecule has 0 aliphatic carbocycles. The summed E-state index contributed by atoms with van der Waals surface area (Å²) < 4.78 is 0. The summed E-state index contributed by atoms with van der Waals surface area (Å²) in [7, 11) is 0. The minimum Gasteiger partial charge on any atom is -0.394 e. The maximum atomic E-state index is 12.3. The summed E-state index contributed by atoms with van der Waals surface area (Å²) in [5, 5.41) is 61.9. The summed E-state index contributed by atoms with van der Waals surface area (Å²) >= 11 is 0. The highest BCUT2D eigenvalue weighted by Crippen LogP contribution is 2.10. The molecule has 6 atom stereocenters. The van der Waals surface area contributed by atoms with Crippen LogP contribution in [0.4, 0.5) is 0 Å². The highest BCUT2D eigenvalue weighted by molar-refractivity contribution is 5.90. The molecule has 0 rings (SSSR count). The lowest BCUT2D eigenvalue weighted by Gasteiger charge is -2.27. The van der Waals surface area contributed by atoms with Gasteiger partial charge < -0.3 is 41.3 Å². The molecule has 2 amide bonds. The first-order chi connectivity index (χ1) is 15.2. The Labute approximate surface area is 191 Å². The Balaban J connectivity index is 4.27. The van der Waals surface area contributed by atoms with Crippen molar-refractivity contribution in [3.05, 3.63) is 0 Å². The summed E-state index contributed by atoms with van der Waals surface area (Å²) in [4.78, 5) is 24.4. The molecule has 0 aromatic rings. The van der Waals surface area contributed by atoms with Gasteiger partial charge in [0.25, 0.3) is 5.91 Å². The summed E-state index contributed by atoms with van der Waals surface area (Å²) in [6.07, 6.45) is 2.24. The maximum absolute atomic E-state index is 12.3. The van der Waals surface area contributed by atoms with Gasteiger partial charge in [-0.2, -0.15) is 0 Å². The van der Waals surface area contributed by atoms with Crippen molar-refractivity contribution in [3.8, 4) is 0 Å². The van der Waals surface area contributed by atoms with Gasteiger partial charge in [-0.05, 0) is 13.3 Å². The average Bonchev–Trinajstić information content (AvgIpc) is 2.78. The molecule has 0 fully saturated rings. The summed E-state index contributed by atoms with van der Waals surface area (Å²) in [6.45, 7) is 2.98. The van der Waals surface area contributed by atoms with E-state index in [0.717, 1.165) is 25.7 Å². The van der Waals surface area contributed by atoms with Crippen LogP contribution in [0.2, 0.25) is 0 Å². The minimum atomic E-state index is -2.18. The van der Waals surface area contributed by atoms with E-state index in [1.807, 2.05) is 0 Å². The van der Waals surface area contributed by atoms with Gasteiger partial charge in [0.2, 0.25) is 5.91 Å². The molecule has 0 unspecified atom stereocenters. The molecule has 32 heavy (non-hydrogen) atoms. The third-order valence-electron chi connectivity index (χ3n) is 5.42. The van der Waals surface area contributed by atoms with Crippen LogP contribution in [0, 0.1) is 0 Å². The number of aliphatic hydroxyl groups excluding tert-OH is 6. The third-order valence-corrected chi connectivity index (χ3v) is 5.42. The first kappa shape index (κ1) is 30.7. The molecule has 0 aliphatic rings. The topological polar surface area (TPSA) is 180 Å². The second-order valence-corrected chi connectivity index (χ2v) is 8.38. The van der Waals surface area contributed by atoms with Gasteiger partial charge in [-0.1, -0.05) is 64.7 Å². The lowest BCUT2D eigenvalue weighted by atomic mass is 10.0. The van der Waals surface area contributed by atoms with Gasteiger partial charge in [-0.3, -0.25) is 9.59 Å². The van der Waals surface area contributed by atoms with E-state index < -0.39 is 55.0 Å². The van der Waals surface area contributed by atoms with Crippen LogP contribution in [-0.2, 0) is 9.59 Å². The van der Waals surface area contributed by atoms with Gasteiger partial charge in [0.1, 0.15) is 24.4 Å². The first-order valence-electron chi connectivity index (χ1n) is 11.8. The summed E-state index contributed by atoms with van der Waals surface area (Å²) in [6, 6.07) is -1.37. The molecule has 0 spiro atoms. The van der Waals surface area contributed by atoms with Gasteiger partial charge in [0.15, 0.2) is 6.10 Å². The number of unbranched alkanes of at least 4 members (excludes halogenated alkanes) is 9. The Hall–Kier alpha value is -1.30. The number of nitrogens with one attached hydrogen (secondary N) is 2. The van der Waals surface area contributed by atoms with Crippen molar-refractivity contribution in [2.45, 2.75) is 115 Å². The van der Waals surface area contributed by atoms with Crippen LogP contribution < -0.4 is 10.6 Å². The zero-order valence-electron chi connectivity index (χ0n) is 19.4. The SMILES string of the molecule is CCCCCCCCCCCCNC(=O)[C@H](NC(=O)[C@H](O)[C@@H](O)[C@H](O)[C@H](O)CO)[C@H](C)O. The number of carbonyl (C=O) groups excluding carboxylic acids is 2. The van der Waals surface area contributed by atoms with Crippen molar-refractivity contribution < 1.29 is 40.2 Å². The van der Waals surface area contributed by atoms with E-state index in [9.17, 15) is 35.1 Å². The highest BCUT2D eigenvalue weighted by Gasteiger charge is 2.36. The number of carbonyl (C=O) groups is 2. The van der Waals surface area contributed by atoms with E-state index in [-0.39, 0.29) is 0 Å². The number of aliphatic hydroxyl groups is 6. The quantitative estimate of drug-likeness (QED) is 0.116. The molecule has 190 valence electrons. The molecular formula is C22H44N2O8. The molecule has 0 radical (unpaired) electrons. The lowest BCUT2D eigenvalue weighted by Crippen LogP contribution is -2.58. The second kappa shape index (κ2) is 18.2. The Morgan fingerprint density at radius 1 is 0.750 bits per heavy atom. The monoisotopic (exact) mass is 464 g/mol. The van der Waals surface area contributed by atoms with Crippen molar-refractivity contribution in [2.75, 3.05) is 13.2 Å². The molecule has 0 aliphatic heterocycles. The van der Waals surface area contributed by atoms with Crippen LogP contribution in [0.15, 0.2) is 0 Å². The predicted octanol–water partition coefficient (Wildman–Crippen LogP) is -0.675. The van der Waals surface area contributed by atoms with Gasteiger partial charge in [0.05, 0.1) is 12.7 Å². The fourth-order valence-electron chi connectivity index (χ4n) is 3.26. The van der Waals surface area contributed by atoms with E-state index in [1.165, 1.54) is 45.4 Å². The van der Waals surface area contributed by atoms with Gasteiger partial charge in [-0.15, -0.1) is 0 Å². The maximum Gasteiger partial charge on any atom is 0.252 e. The highest BCUT2D eigenvalue weighted by atomic mass is 16.4. The Morgan fingerprint density at radius 2 is 1.25 bits per heavy atom. The second-order valence-electron chi connectivity index (χ2n) is 8.38. The number of hydrogen-bond donors (Lipinski definition) is 8. The predicted molar refractivity (Wildman–Crippen MR) is 120 cm³/mol. The van der Waals surface area contributed by atoms with Crippen molar-refractivity contribution in [3.63, 3.8) is 0 Å². The lowest BCUT2D eigenvalue weighted by molar-refractivity contribution is -0.151. The van der Waals surface area contributed by atoms with Crippen LogP contribution in [0.5, 0.6) is 0 Å². The van der Waals surface area contributed by atoms with E-state index >= 15 is 0 Å². The van der Waals surface area contributed by atoms with Crippen molar-refractivity contribution in [1.82, 2.24) is 10.6 Å². The van der Waals surface area contributed by atoms with E-state index in [4.69, 9.17) is 5.11 Å². The van der Waals surface area contributed by atoms with Gasteiger partial charge >= 0.3 is 0 Å². The van der Waals surface area contributed by atoms with Crippen LogP contribution in [0.25, 0.3) is 0 Å². The Morgan fingerprint density at radius 3 is 1.72 bits per heavy atom. The van der Waals surface area contributed by atoms with Crippen LogP contribution in [0.1, 0.15) is 78.1 Å². The van der Waals surface area contributed by atoms with Crippen molar-refractivity contribution in [1.29, 1.82) is 0 Å². The first-order valence-corrected chi connectivity index (χ1v) is 11.8. The third kappa shape index (κ3) is 12.7. The molecule has 8 N–H and O–H groups in total. The average molecular weight is 465 g/mol. The molecule has 0 saturated heterocycles. The Bertz CT molecular complexity index is 506. The summed E-state index contributed by atoms with van der Waals surface area (Å²) in [5.74, 6) is -1.84. The standard InChI is InChI=1S/C22H44N2O8/c1-3-4-5-6-7-8-9-10-11-12-13-23-21(31)17(15(2)26)24-22(32)20(30)19(29)18(28)16(27)14-25/h15-20,25-30H,3-14H2,1-2H3,(H,23,31)(H,24,32)/t15-,16+,17+,18+,19-,20+/m0/s1. The molecule has 0 saturated carbocycles. The normalized spacial score (nSPS) is 17.1. The van der Waals surface area contributed by atoms with Crippen LogP contribution in [0.3, 0.4) is 0 Å². The van der Waals surface area contributed by atoms with Gasteiger partial charge in [-0.25, -0.2) is 0 Å². The van der Waals surface area contributed by atoms with Crippen molar-refractivity contribution in [2.24, 2.45) is 0 Å². The smallest absolute Gasteiger partial charge is 0.252 e. The fraction of sp³-hybridized carbons (Fsp3) is 0.909. The van der Waals surface area contributed by atoms with E-state index in [0.29, 0.717) is 6.54 Å². The van der Waals surface area contributed by atoms with Crippen LogP contribution in [-0.4, -0.2) is 92.2 Å². The number of amides is 2.